The van der Waals surface area contributed by atoms with Crippen molar-refractivity contribution in [3.8, 4) is 0 Å². The van der Waals surface area contributed by atoms with Crippen LogP contribution in [0.25, 0.3) is 0 Å². The van der Waals surface area contributed by atoms with Gasteiger partial charge in [0.15, 0.2) is 0 Å². The van der Waals surface area contributed by atoms with E-state index in [1.165, 1.54) is 9.80 Å². The molecule has 94 valence electrons. The third kappa shape index (κ3) is 2.92. The van der Waals surface area contributed by atoms with Crippen molar-refractivity contribution in [2.45, 2.75) is 6.92 Å². The number of amides is 2. The standard InChI is InChI=1S/C9H15N5O3/c1-4-14(5-6(15)13(2)3)9(16)7-8(10)12-17-11-7/h4-5H2,1-3H3,(H2,10,12). The van der Waals surface area contributed by atoms with Crippen LogP contribution >= 0.6 is 0 Å². The Kier molecular flexibility index (Phi) is 4.02. The molecule has 17 heavy (non-hydrogen) atoms. The summed E-state index contributed by atoms with van der Waals surface area (Å²) >= 11 is 0. The molecule has 0 radical (unpaired) electrons. The van der Waals surface area contributed by atoms with Gasteiger partial charge >= 0.3 is 0 Å². The zero-order valence-electron chi connectivity index (χ0n) is 10.0. The Balaban J connectivity index is 2.78. The maximum atomic E-state index is 11.9. The molecule has 0 fully saturated rings. The molecule has 1 aromatic heterocycles. The molecule has 0 aliphatic rings. The number of likely N-dealkylation sites (N-methyl/N-ethyl adjacent to an activating group) is 2. The molecule has 1 rings (SSSR count). The highest BCUT2D eigenvalue weighted by Crippen LogP contribution is 2.08. The number of rotatable bonds is 4. The summed E-state index contributed by atoms with van der Waals surface area (Å²) in [5, 5.41) is 6.73. The smallest absolute Gasteiger partial charge is 0.280 e. The van der Waals surface area contributed by atoms with Gasteiger partial charge in [-0.2, -0.15) is 0 Å². The van der Waals surface area contributed by atoms with Gasteiger partial charge in [-0.3, -0.25) is 9.59 Å². The fraction of sp³-hybridized carbons (Fsp3) is 0.556. The molecule has 2 amide bonds. The average Bonchev–Trinajstić information content (AvgIpc) is 2.70. The van der Waals surface area contributed by atoms with Crippen LogP contribution in [0, 0.1) is 0 Å². The van der Waals surface area contributed by atoms with Crippen molar-refractivity contribution in [2.24, 2.45) is 0 Å². The number of nitrogen functional groups attached to an aromatic ring is 1. The number of nitrogens with zero attached hydrogens (tertiary/aromatic N) is 4. The molecule has 0 saturated carbocycles. The molecule has 0 bridgehead atoms. The van der Waals surface area contributed by atoms with E-state index >= 15 is 0 Å². The fourth-order valence-electron chi connectivity index (χ4n) is 1.13. The Morgan fingerprint density at radius 1 is 1.35 bits per heavy atom. The van der Waals surface area contributed by atoms with Crippen molar-refractivity contribution in [3.63, 3.8) is 0 Å². The Morgan fingerprint density at radius 2 is 2.00 bits per heavy atom. The predicted octanol–water partition coefficient (Wildman–Crippen LogP) is -0.798. The van der Waals surface area contributed by atoms with E-state index in [2.05, 4.69) is 14.9 Å². The maximum Gasteiger partial charge on any atom is 0.280 e. The summed E-state index contributed by atoms with van der Waals surface area (Å²) in [7, 11) is 3.24. The van der Waals surface area contributed by atoms with E-state index < -0.39 is 5.91 Å². The zero-order chi connectivity index (χ0) is 13.0. The molecule has 0 saturated heterocycles. The lowest BCUT2D eigenvalue weighted by atomic mass is 10.3. The van der Waals surface area contributed by atoms with Crippen LogP contribution in [0.5, 0.6) is 0 Å². The Morgan fingerprint density at radius 3 is 2.41 bits per heavy atom. The number of anilines is 1. The van der Waals surface area contributed by atoms with Crippen LogP contribution in [0.1, 0.15) is 17.4 Å². The topological polar surface area (TPSA) is 106 Å². The van der Waals surface area contributed by atoms with Crippen LogP contribution in [-0.2, 0) is 4.79 Å². The first kappa shape index (κ1) is 12.9. The molecule has 1 heterocycles. The van der Waals surface area contributed by atoms with Crippen molar-refractivity contribution in [2.75, 3.05) is 32.9 Å². The fourth-order valence-corrected chi connectivity index (χ4v) is 1.13. The van der Waals surface area contributed by atoms with Crippen molar-refractivity contribution in [3.05, 3.63) is 5.69 Å². The van der Waals surface area contributed by atoms with Crippen LogP contribution in [0.2, 0.25) is 0 Å². The van der Waals surface area contributed by atoms with Crippen molar-refractivity contribution in [1.82, 2.24) is 20.1 Å². The number of aromatic nitrogens is 2. The lowest BCUT2D eigenvalue weighted by Gasteiger charge is -2.21. The van der Waals surface area contributed by atoms with Gasteiger partial charge in [-0.15, -0.1) is 0 Å². The monoisotopic (exact) mass is 241 g/mol. The molecule has 8 nitrogen and oxygen atoms in total. The molecular formula is C9H15N5O3. The largest absolute Gasteiger partial charge is 0.379 e. The van der Waals surface area contributed by atoms with Crippen LogP contribution in [0.15, 0.2) is 4.63 Å². The van der Waals surface area contributed by atoms with E-state index in [1.54, 1.807) is 21.0 Å². The van der Waals surface area contributed by atoms with E-state index in [1.807, 2.05) is 0 Å². The van der Waals surface area contributed by atoms with Gasteiger partial charge in [0, 0.05) is 20.6 Å². The average molecular weight is 241 g/mol. The molecule has 0 aliphatic carbocycles. The van der Waals surface area contributed by atoms with Gasteiger partial charge in [-0.05, 0) is 17.2 Å². The van der Waals surface area contributed by atoms with Gasteiger partial charge in [0.05, 0.1) is 0 Å². The first-order chi connectivity index (χ1) is 7.97. The molecule has 2 N–H and O–H groups in total. The molecule has 0 aliphatic heterocycles. The molecule has 0 spiro atoms. The second-order valence-corrected chi connectivity index (χ2v) is 3.61. The van der Waals surface area contributed by atoms with Crippen LogP contribution in [0.4, 0.5) is 5.82 Å². The Labute approximate surface area is 98.3 Å². The van der Waals surface area contributed by atoms with E-state index in [9.17, 15) is 9.59 Å². The summed E-state index contributed by atoms with van der Waals surface area (Å²) < 4.78 is 4.35. The van der Waals surface area contributed by atoms with E-state index in [-0.39, 0.29) is 24.0 Å². The molecule has 0 atom stereocenters. The Hall–Kier alpha value is -2.12. The zero-order valence-corrected chi connectivity index (χ0v) is 10.0. The van der Waals surface area contributed by atoms with Crippen LogP contribution < -0.4 is 5.73 Å². The Bertz CT molecular complexity index is 415. The summed E-state index contributed by atoms with van der Waals surface area (Å²) in [5.74, 6) is -0.734. The van der Waals surface area contributed by atoms with Gasteiger partial charge in [-0.1, -0.05) is 0 Å². The van der Waals surface area contributed by atoms with E-state index in [4.69, 9.17) is 5.73 Å². The van der Waals surface area contributed by atoms with Crippen molar-refractivity contribution >= 4 is 17.6 Å². The summed E-state index contributed by atoms with van der Waals surface area (Å²) in [4.78, 5) is 26.2. The second kappa shape index (κ2) is 5.28. The molecular weight excluding hydrogens is 226 g/mol. The number of hydrogen-bond donors (Lipinski definition) is 1. The number of carbonyl (C=O) groups excluding carboxylic acids is 2. The number of nitrogens with two attached hydrogens (primary N) is 1. The molecule has 0 aromatic carbocycles. The summed E-state index contributed by atoms with van der Waals surface area (Å²) in [5.41, 5.74) is 5.34. The summed E-state index contributed by atoms with van der Waals surface area (Å²) in [6, 6.07) is 0. The SMILES string of the molecule is CCN(CC(=O)N(C)C)C(=O)c1nonc1N. The number of hydrogen-bond acceptors (Lipinski definition) is 6. The van der Waals surface area contributed by atoms with Gasteiger partial charge < -0.3 is 15.5 Å². The van der Waals surface area contributed by atoms with Gasteiger partial charge in [0.25, 0.3) is 5.91 Å². The number of carbonyl (C=O) groups is 2. The minimum Gasteiger partial charge on any atom is -0.379 e. The first-order valence-electron chi connectivity index (χ1n) is 5.04. The van der Waals surface area contributed by atoms with E-state index in [0.29, 0.717) is 6.54 Å². The highest BCUT2D eigenvalue weighted by atomic mass is 16.6. The van der Waals surface area contributed by atoms with Gasteiger partial charge in [0.1, 0.15) is 6.54 Å². The highest BCUT2D eigenvalue weighted by molar-refractivity contribution is 5.97. The van der Waals surface area contributed by atoms with Crippen LogP contribution in [-0.4, -0.2) is 59.1 Å². The van der Waals surface area contributed by atoms with Crippen molar-refractivity contribution < 1.29 is 14.2 Å². The normalized spacial score (nSPS) is 10.1. The third-order valence-electron chi connectivity index (χ3n) is 2.21. The summed E-state index contributed by atoms with van der Waals surface area (Å²) in [6.07, 6.45) is 0. The molecule has 1 aromatic rings. The highest BCUT2D eigenvalue weighted by Gasteiger charge is 2.23. The van der Waals surface area contributed by atoms with Gasteiger partial charge in [-0.25, -0.2) is 4.63 Å². The first-order valence-corrected chi connectivity index (χ1v) is 5.04. The van der Waals surface area contributed by atoms with Crippen molar-refractivity contribution in [1.29, 1.82) is 0 Å². The second-order valence-electron chi connectivity index (χ2n) is 3.61. The predicted molar refractivity (Wildman–Crippen MR) is 59.0 cm³/mol. The minimum atomic E-state index is -0.471. The lowest BCUT2D eigenvalue weighted by Crippen LogP contribution is -2.40. The minimum absolute atomic E-state index is 0.0331. The molecule has 0 unspecified atom stereocenters. The van der Waals surface area contributed by atoms with E-state index in [0.717, 1.165) is 0 Å². The van der Waals surface area contributed by atoms with Crippen LogP contribution in [0.3, 0.4) is 0 Å². The third-order valence-corrected chi connectivity index (χ3v) is 2.21. The summed E-state index contributed by atoms with van der Waals surface area (Å²) in [6.45, 7) is 2.09. The molecule has 8 heteroatoms. The lowest BCUT2D eigenvalue weighted by molar-refractivity contribution is -0.129. The van der Waals surface area contributed by atoms with Gasteiger partial charge in [0.2, 0.25) is 17.4 Å². The quantitative estimate of drug-likeness (QED) is 0.740. The maximum absolute atomic E-state index is 11.9.